The summed E-state index contributed by atoms with van der Waals surface area (Å²) in [5.74, 6) is 2.03. The van der Waals surface area contributed by atoms with Gasteiger partial charge in [-0.2, -0.15) is 4.98 Å². The molecule has 1 atom stereocenters. The predicted octanol–water partition coefficient (Wildman–Crippen LogP) is 3.17. The highest BCUT2D eigenvalue weighted by Crippen LogP contribution is 2.20. The Labute approximate surface area is 157 Å². The number of likely N-dealkylation sites (N-methyl/N-ethyl adjacent to an activating group) is 1. The lowest BCUT2D eigenvalue weighted by atomic mass is 10.2. The zero-order valence-corrected chi connectivity index (χ0v) is 15.5. The minimum atomic E-state index is -0.624. The van der Waals surface area contributed by atoms with E-state index in [4.69, 9.17) is 14.0 Å². The molecule has 0 aliphatic heterocycles. The second kappa shape index (κ2) is 8.35. The Morgan fingerprint density at radius 3 is 2.48 bits per heavy atom. The van der Waals surface area contributed by atoms with Crippen LogP contribution in [0.2, 0.25) is 0 Å². The first kappa shape index (κ1) is 18.4. The van der Waals surface area contributed by atoms with E-state index < -0.39 is 6.10 Å². The molecule has 1 aromatic heterocycles. The Bertz CT molecular complexity index is 878. The van der Waals surface area contributed by atoms with E-state index >= 15 is 0 Å². The van der Waals surface area contributed by atoms with E-state index in [0.29, 0.717) is 17.5 Å². The number of methoxy groups -OCH3 is 1. The van der Waals surface area contributed by atoms with Gasteiger partial charge in [0, 0.05) is 12.6 Å². The number of aromatic nitrogens is 2. The Morgan fingerprint density at radius 1 is 1.11 bits per heavy atom. The smallest absolute Gasteiger partial charge is 0.263 e. The molecule has 0 spiro atoms. The van der Waals surface area contributed by atoms with E-state index in [1.54, 1.807) is 21.1 Å². The van der Waals surface area contributed by atoms with Gasteiger partial charge in [0.1, 0.15) is 11.5 Å². The maximum atomic E-state index is 12.5. The molecule has 0 saturated carbocycles. The number of para-hydroxylation sites is 1. The number of carbonyl (C=O) groups is 1. The quantitative estimate of drug-likeness (QED) is 0.638. The van der Waals surface area contributed by atoms with Gasteiger partial charge in [0.05, 0.1) is 13.7 Å². The van der Waals surface area contributed by atoms with Gasteiger partial charge in [-0.3, -0.25) is 4.79 Å². The van der Waals surface area contributed by atoms with Crippen LogP contribution in [0.3, 0.4) is 0 Å². The molecule has 140 valence electrons. The fourth-order valence-electron chi connectivity index (χ4n) is 2.52. The summed E-state index contributed by atoms with van der Waals surface area (Å²) in [5, 5.41) is 3.97. The van der Waals surface area contributed by atoms with E-state index in [1.165, 1.54) is 4.90 Å². The van der Waals surface area contributed by atoms with Gasteiger partial charge in [-0.25, -0.2) is 0 Å². The summed E-state index contributed by atoms with van der Waals surface area (Å²) < 4.78 is 16.1. The Kier molecular flexibility index (Phi) is 5.71. The van der Waals surface area contributed by atoms with Crippen molar-refractivity contribution in [3.63, 3.8) is 0 Å². The highest BCUT2D eigenvalue weighted by molar-refractivity contribution is 5.80. The summed E-state index contributed by atoms with van der Waals surface area (Å²) in [6.07, 6.45) is -0.624. The number of hydrogen-bond donors (Lipinski definition) is 0. The molecule has 3 aromatic rings. The van der Waals surface area contributed by atoms with Crippen molar-refractivity contribution in [2.45, 2.75) is 19.6 Å². The third-order valence-corrected chi connectivity index (χ3v) is 3.97. The van der Waals surface area contributed by atoms with Crippen molar-refractivity contribution in [1.29, 1.82) is 0 Å². The zero-order chi connectivity index (χ0) is 19.2. The van der Waals surface area contributed by atoms with E-state index in [0.717, 1.165) is 11.3 Å². The van der Waals surface area contributed by atoms with Crippen molar-refractivity contribution in [2.24, 2.45) is 0 Å². The van der Waals surface area contributed by atoms with Gasteiger partial charge in [-0.15, -0.1) is 0 Å². The number of benzene rings is 2. The molecule has 0 saturated heterocycles. The summed E-state index contributed by atoms with van der Waals surface area (Å²) >= 11 is 0. The molecule has 0 radical (unpaired) electrons. The van der Waals surface area contributed by atoms with Gasteiger partial charge >= 0.3 is 0 Å². The van der Waals surface area contributed by atoms with Crippen LogP contribution in [-0.2, 0) is 11.3 Å². The third kappa shape index (κ3) is 4.63. The highest BCUT2D eigenvalue weighted by Gasteiger charge is 2.21. The van der Waals surface area contributed by atoms with Crippen LogP contribution in [0, 0.1) is 0 Å². The van der Waals surface area contributed by atoms with Crippen molar-refractivity contribution in [1.82, 2.24) is 15.0 Å². The molecule has 0 unspecified atom stereocenters. The molecule has 0 fully saturated rings. The Morgan fingerprint density at radius 2 is 1.81 bits per heavy atom. The number of carbonyl (C=O) groups excluding carboxylic acids is 1. The summed E-state index contributed by atoms with van der Waals surface area (Å²) in [5.41, 5.74) is 0.806. The van der Waals surface area contributed by atoms with Crippen molar-refractivity contribution in [3.05, 3.63) is 60.5 Å². The molecule has 27 heavy (non-hydrogen) atoms. The molecule has 0 aliphatic rings. The fraction of sp³-hybridized carbons (Fsp3) is 0.250. The average Bonchev–Trinajstić information content (AvgIpc) is 3.16. The largest absolute Gasteiger partial charge is 0.497 e. The summed E-state index contributed by atoms with van der Waals surface area (Å²) in [4.78, 5) is 18.3. The van der Waals surface area contributed by atoms with Gasteiger partial charge in [-0.05, 0) is 43.3 Å². The Hall–Kier alpha value is -3.35. The molecule has 0 bridgehead atoms. The van der Waals surface area contributed by atoms with Crippen LogP contribution in [0.5, 0.6) is 11.5 Å². The number of amides is 1. The lowest BCUT2D eigenvalue weighted by Gasteiger charge is -2.20. The van der Waals surface area contributed by atoms with Crippen LogP contribution in [0.15, 0.2) is 59.1 Å². The van der Waals surface area contributed by atoms with Crippen molar-refractivity contribution >= 4 is 5.91 Å². The first-order valence-corrected chi connectivity index (χ1v) is 8.50. The van der Waals surface area contributed by atoms with Crippen LogP contribution in [0.4, 0.5) is 0 Å². The summed E-state index contributed by atoms with van der Waals surface area (Å²) in [6, 6.07) is 16.6. The van der Waals surface area contributed by atoms with Crippen LogP contribution in [0.1, 0.15) is 12.8 Å². The van der Waals surface area contributed by atoms with Crippen LogP contribution in [0.25, 0.3) is 11.4 Å². The van der Waals surface area contributed by atoms with Gasteiger partial charge in [0.25, 0.3) is 5.91 Å². The summed E-state index contributed by atoms with van der Waals surface area (Å²) in [6.45, 7) is 1.91. The van der Waals surface area contributed by atoms with Crippen molar-refractivity contribution in [2.75, 3.05) is 14.2 Å². The van der Waals surface area contributed by atoms with E-state index in [1.807, 2.05) is 54.6 Å². The molecule has 1 amide bonds. The molecule has 7 nitrogen and oxygen atoms in total. The SMILES string of the molecule is COc1ccc(-c2noc(CN(C)C(=O)[C@H](C)Oc3ccccc3)n2)cc1. The first-order valence-electron chi connectivity index (χ1n) is 8.50. The first-order chi connectivity index (χ1) is 13.1. The maximum absolute atomic E-state index is 12.5. The standard InChI is InChI=1S/C20H21N3O4/c1-14(26-17-7-5-4-6-8-17)20(24)23(2)13-18-21-19(22-27-18)15-9-11-16(25-3)12-10-15/h4-12,14H,13H2,1-3H3/t14-/m0/s1. The fourth-order valence-corrected chi connectivity index (χ4v) is 2.52. The Balaban J connectivity index is 1.61. The van der Waals surface area contributed by atoms with Gasteiger partial charge < -0.3 is 18.9 Å². The average molecular weight is 367 g/mol. The zero-order valence-electron chi connectivity index (χ0n) is 15.5. The molecule has 1 heterocycles. The number of rotatable bonds is 7. The van der Waals surface area contributed by atoms with E-state index in [-0.39, 0.29) is 12.5 Å². The molecule has 3 rings (SSSR count). The third-order valence-electron chi connectivity index (χ3n) is 3.97. The monoisotopic (exact) mass is 367 g/mol. The lowest BCUT2D eigenvalue weighted by Crippen LogP contribution is -2.37. The van der Waals surface area contributed by atoms with E-state index in [9.17, 15) is 4.79 Å². The summed E-state index contributed by atoms with van der Waals surface area (Å²) in [7, 11) is 3.28. The molecular formula is C20H21N3O4. The second-order valence-electron chi connectivity index (χ2n) is 6.01. The topological polar surface area (TPSA) is 77.7 Å². The molecule has 0 N–H and O–H groups in total. The van der Waals surface area contributed by atoms with Crippen molar-refractivity contribution < 1.29 is 18.8 Å². The molecule has 7 heteroatoms. The predicted molar refractivity (Wildman–Crippen MR) is 99.3 cm³/mol. The van der Waals surface area contributed by atoms with Gasteiger partial charge in [0.2, 0.25) is 11.7 Å². The molecule has 2 aromatic carbocycles. The lowest BCUT2D eigenvalue weighted by molar-refractivity contribution is -0.137. The van der Waals surface area contributed by atoms with Gasteiger partial charge in [0.15, 0.2) is 6.10 Å². The van der Waals surface area contributed by atoms with Gasteiger partial charge in [-0.1, -0.05) is 23.4 Å². The van der Waals surface area contributed by atoms with Crippen LogP contribution in [-0.4, -0.2) is 41.2 Å². The molecule has 0 aliphatic carbocycles. The number of hydrogen-bond acceptors (Lipinski definition) is 6. The minimum Gasteiger partial charge on any atom is -0.497 e. The van der Waals surface area contributed by atoms with Crippen molar-refractivity contribution in [3.8, 4) is 22.9 Å². The maximum Gasteiger partial charge on any atom is 0.263 e. The minimum absolute atomic E-state index is 0.178. The number of nitrogens with zero attached hydrogens (tertiary/aromatic N) is 3. The van der Waals surface area contributed by atoms with Crippen LogP contribution < -0.4 is 9.47 Å². The second-order valence-corrected chi connectivity index (χ2v) is 6.01. The molecular weight excluding hydrogens is 346 g/mol. The van der Waals surface area contributed by atoms with E-state index in [2.05, 4.69) is 10.1 Å². The van der Waals surface area contributed by atoms with Crippen LogP contribution >= 0.6 is 0 Å². The number of ether oxygens (including phenoxy) is 2. The normalized spacial score (nSPS) is 11.7. The highest BCUT2D eigenvalue weighted by atomic mass is 16.5.